The van der Waals surface area contributed by atoms with Gasteiger partial charge in [-0.05, 0) is 54.2 Å². The number of pyridine rings is 2. The lowest BCUT2D eigenvalue weighted by Crippen LogP contribution is -2.30. The minimum atomic E-state index is -0.937. The maximum atomic E-state index is 14.7. The SMILES string of the molecule is C[C@H]1C[C@@H](C(=O)OCC(=O)c2cc3c(cn2)NC(=O)CC3)n2c1cc(-c1c(N)ccc(Cl)c1F)cc2=O. The first-order valence-electron chi connectivity index (χ1n) is 11.6. The molecular formula is C26H22ClFN4O5. The molecule has 9 nitrogen and oxygen atoms in total. The van der Waals surface area contributed by atoms with Gasteiger partial charge in [0.15, 0.2) is 12.4 Å². The lowest BCUT2D eigenvalue weighted by atomic mass is 9.99. The number of nitrogens with zero attached hydrogens (tertiary/aromatic N) is 2. The number of hydrogen-bond donors (Lipinski definition) is 2. The van der Waals surface area contributed by atoms with Crippen molar-refractivity contribution in [3.8, 4) is 11.1 Å². The molecule has 11 heteroatoms. The standard InChI is InChI=1S/C26H22ClFN4O5/c1-12-6-20(26(36)37-11-21(33)17-7-13-2-5-22(34)31-18(13)10-30-17)32-19(12)8-14(9-23(32)35)24-16(29)4-3-15(27)25(24)28/h3-4,7-10,12,20H,2,5-6,11,29H2,1H3,(H,31,34)/t12-,20-/m0/s1. The van der Waals surface area contributed by atoms with E-state index in [2.05, 4.69) is 10.3 Å². The smallest absolute Gasteiger partial charge is 0.329 e. The lowest BCUT2D eigenvalue weighted by molar-refractivity contribution is -0.146. The van der Waals surface area contributed by atoms with E-state index in [4.69, 9.17) is 22.1 Å². The molecule has 0 spiro atoms. The number of fused-ring (bicyclic) bond motifs is 2. The molecule has 190 valence electrons. The molecule has 3 aromatic rings. The minimum Gasteiger partial charge on any atom is -0.456 e. The molecule has 1 amide bonds. The van der Waals surface area contributed by atoms with E-state index in [1.54, 1.807) is 12.1 Å². The fourth-order valence-corrected chi connectivity index (χ4v) is 4.97. The number of nitrogens with two attached hydrogens (primary N) is 1. The third-order valence-electron chi connectivity index (χ3n) is 6.70. The molecule has 0 radical (unpaired) electrons. The predicted octanol–water partition coefficient (Wildman–Crippen LogP) is 3.64. The number of nitrogens with one attached hydrogen (secondary N) is 1. The van der Waals surface area contributed by atoms with Crippen LogP contribution in [0.25, 0.3) is 11.1 Å². The number of nitrogen functional groups attached to an aromatic ring is 1. The first kappa shape index (κ1) is 24.6. The molecule has 0 fully saturated rings. The van der Waals surface area contributed by atoms with Crippen LogP contribution in [0.4, 0.5) is 15.8 Å². The Morgan fingerprint density at radius 2 is 2.03 bits per heavy atom. The van der Waals surface area contributed by atoms with Crippen LogP contribution in [-0.4, -0.2) is 33.8 Å². The summed E-state index contributed by atoms with van der Waals surface area (Å²) in [5.74, 6) is -2.30. The van der Waals surface area contributed by atoms with Crippen LogP contribution in [0.2, 0.25) is 5.02 Å². The van der Waals surface area contributed by atoms with Crippen molar-refractivity contribution in [1.82, 2.24) is 9.55 Å². The van der Waals surface area contributed by atoms with Crippen molar-refractivity contribution in [3.05, 3.63) is 74.7 Å². The Bertz CT molecular complexity index is 1540. The molecule has 0 bridgehead atoms. The van der Waals surface area contributed by atoms with Gasteiger partial charge in [-0.15, -0.1) is 0 Å². The summed E-state index contributed by atoms with van der Waals surface area (Å²) in [6, 6.07) is 6.25. The third kappa shape index (κ3) is 4.48. The molecule has 0 saturated carbocycles. The molecule has 0 unspecified atom stereocenters. The van der Waals surface area contributed by atoms with Crippen LogP contribution >= 0.6 is 11.6 Å². The Morgan fingerprint density at radius 3 is 2.81 bits per heavy atom. The topological polar surface area (TPSA) is 133 Å². The number of esters is 1. The van der Waals surface area contributed by atoms with Gasteiger partial charge in [0, 0.05) is 29.4 Å². The number of carbonyl (C=O) groups excluding carboxylic acids is 3. The van der Waals surface area contributed by atoms with E-state index in [0.29, 0.717) is 24.2 Å². The normalized spacial score (nSPS) is 18.1. The van der Waals surface area contributed by atoms with E-state index in [0.717, 1.165) is 5.56 Å². The van der Waals surface area contributed by atoms with Gasteiger partial charge in [-0.25, -0.2) is 9.18 Å². The number of carbonyl (C=O) groups is 3. The van der Waals surface area contributed by atoms with Crippen LogP contribution < -0.4 is 16.6 Å². The maximum absolute atomic E-state index is 14.7. The Hall–Kier alpha value is -4.05. The molecule has 37 heavy (non-hydrogen) atoms. The molecular weight excluding hydrogens is 503 g/mol. The number of halogens is 2. The van der Waals surface area contributed by atoms with E-state index in [1.165, 1.54) is 29.0 Å². The zero-order valence-electron chi connectivity index (χ0n) is 19.7. The average molecular weight is 525 g/mol. The van der Waals surface area contributed by atoms with E-state index in [1.807, 2.05) is 6.92 Å². The summed E-state index contributed by atoms with van der Waals surface area (Å²) in [4.78, 5) is 54.2. The highest BCUT2D eigenvalue weighted by molar-refractivity contribution is 6.31. The fraction of sp³-hybridized carbons (Fsp3) is 0.269. The largest absolute Gasteiger partial charge is 0.456 e. The van der Waals surface area contributed by atoms with Gasteiger partial charge in [0.05, 0.1) is 16.9 Å². The number of amides is 1. The van der Waals surface area contributed by atoms with Gasteiger partial charge in [-0.2, -0.15) is 0 Å². The number of ether oxygens (including phenoxy) is 1. The summed E-state index contributed by atoms with van der Waals surface area (Å²) in [5.41, 5.74) is 7.81. The molecule has 2 aliphatic rings. The van der Waals surface area contributed by atoms with Crippen molar-refractivity contribution < 1.29 is 23.5 Å². The quantitative estimate of drug-likeness (QED) is 0.295. The number of anilines is 2. The van der Waals surface area contributed by atoms with E-state index in [-0.39, 0.29) is 45.8 Å². The Balaban J connectivity index is 1.35. The van der Waals surface area contributed by atoms with Crippen LogP contribution in [0.3, 0.4) is 0 Å². The highest BCUT2D eigenvalue weighted by Gasteiger charge is 2.36. The first-order chi connectivity index (χ1) is 17.6. The van der Waals surface area contributed by atoms with Crippen molar-refractivity contribution in [2.75, 3.05) is 17.7 Å². The summed E-state index contributed by atoms with van der Waals surface area (Å²) < 4.78 is 21.3. The molecule has 5 rings (SSSR count). The van der Waals surface area contributed by atoms with Crippen LogP contribution in [0.1, 0.15) is 53.5 Å². The van der Waals surface area contributed by atoms with Crippen LogP contribution in [0.5, 0.6) is 0 Å². The number of aromatic nitrogens is 2. The molecule has 0 aliphatic carbocycles. The molecule has 3 N–H and O–H groups in total. The third-order valence-corrected chi connectivity index (χ3v) is 6.99. The fourth-order valence-electron chi connectivity index (χ4n) is 4.82. The van der Waals surface area contributed by atoms with Crippen molar-refractivity contribution >= 4 is 40.6 Å². The lowest BCUT2D eigenvalue weighted by Gasteiger charge is -2.17. The zero-order valence-corrected chi connectivity index (χ0v) is 20.5. The highest BCUT2D eigenvalue weighted by Crippen LogP contribution is 2.39. The van der Waals surface area contributed by atoms with Crippen LogP contribution in [0, 0.1) is 5.82 Å². The Morgan fingerprint density at radius 1 is 1.24 bits per heavy atom. The Labute approximate surface area is 215 Å². The molecule has 2 atom stereocenters. The van der Waals surface area contributed by atoms with Gasteiger partial charge in [-0.1, -0.05) is 18.5 Å². The van der Waals surface area contributed by atoms with E-state index in [9.17, 15) is 23.6 Å². The minimum absolute atomic E-state index is 0.0222. The number of benzene rings is 1. The van der Waals surface area contributed by atoms with Gasteiger partial charge >= 0.3 is 5.97 Å². The van der Waals surface area contributed by atoms with Crippen molar-refractivity contribution in [1.29, 1.82) is 0 Å². The van der Waals surface area contributed by atoms with Crippen LogP contribution in [0.15, 0.2) is 41.3 Å². The summed E-state index contributed by atoms with van der Waals surface area (Å²) in [6.07, 6.45) is 2.47. The van der Waals surface area contributed by atoms with Gasteiger partial charge in [0.2, 0.25) is 11.7 Å². The van der Waals surface area contributed by atoms with Gasteiger partial charge < -0.3 is 15.8 Å². The Kier molecular flexibility index (Phi) is 6.28. The number of Topliss-reactive ketones (excluding diaryl/α,β-unsaturated/α-hetero) is 1. The number of rotatable bonds is 5. The maximum Gasteiger partial charge on any atom is 0.329 e. The second kappa shape index (κ2) is 9.44. The average Bonchev–Trinajstić information content (AvgIpc) is 3.21. The summed E-state index contributed by atoms with van der Waals surface area (Å²) >= 11 is 5.91. The van der Waals surface area contributed by atoms with Gasteiger partial charge in [0.1, 0.15) is 11.7 Å². The van der Waals surface area contributed by atoms with Gasteiger partial charge in [-0.3, -0.25) is 23.9 Å². The van der Waals surface area contributed by atoms with Crippen molar-refractivity contribution in [2.45, 2.75) is 38.1 Å². The van der Waals surface area contributed by atoms with Crippen molar-refractivity contribution in [3.63, 3.8) is 0 Å². The molecule has 2 aliphatic heterocycles. The summed E-state index contributed by atoms with van der Waals surface area (Å²) in [7, 11) is 0. The summed E-state index contributed by atoms with van der Waals surface area (Å²) in [6.45, 7) is 1.29. The molecule has 4 heterocycles. The molecule has 1 aromatic carbocycles. The number of aryl methyl sites for hydroxylation is 1. The van der Waals surface area contributed by atoms with E-state index < -0.39 is 35.8 Å². The molecule has 0 saturated heterocycles. The van der Waals surface area contributed by atoms with Gasteiger partial charge in [0.25, 0.3) is 5.56 Å². The highest BCUT2D eigenvalue weighted by atomic mass is 35.5. The second-order valence-electron chi connectivity index (χ2n) is 9.16. The monoisotopic (exact) mass is 524 g/mol. The number of hydrogen-bond acceptors (Lipinski definition) is 7. The molecule has 2 aromatic heterocycles. The zero-order chi connectivity index (χ0) is 26.4. The van der Waals surface area contributed by atoms with Crippen molar-refractivity contribution in [2.24, 2.45) is 0 Å². The summed E-state index contributed by atoms with van der Waals surface area (Å²) in [5, 5.41) is 2.57. The predicted molar refractivity (Wildman–Crippen MR) is 134 cm³/mol. The van der Waals surface area contributed by atoms with E-state index >= 15 is 0 Å². The van der Waals surface area contributed by atoms with Crippen LogP contribution in [-0.2, 0) is 20.7 Å². The number of ketones is 1. The second-order valence-corrected chi connectivity index (χ2v) is 9.57. The first-order valence-corrected chi connectivity index (χ1v) is 12.0.